The van der Waals surface area contributed by atoms with Crippen molar-refractivity contribution >= 4 is 0 Å². The van der Waals surface area contributed by atoms with Gasteiger partial charge in [0.2, 0.25) is 0 Å². The maximum Gasteiger partial charge on any atom is 0.124 e. The van der Waals surface area contributed by atoms with Crippen LogP contribution in [-0.2, 0) is 6.54 Å². The Bertz CT molecular complexity index is 465. The number of unbranched alkanes of at least 4 members (excludes halogenated alkanes) is 1. The van der Waals surface area contributed by atoms with Crippen LogP contribution >= 0.6 is 0 Å². The van der Waals surface area contributed by atoms with Crippen LogP contribution in [0.2, 0.25) is 0 Å². The van der Waals surface area contributed by atoms with Gasteiger partial charge in [0.05, 0.1) is 6.61 Å². The Morgan fingerprint density at radius 1 is 1.25 bits per heavy atom. The summed E-state index contributed by atoms with van der Waals surface area (Å²) in [6, 6.07) is 4.51. The van der Waals surface area contributed by atoms with Gasteiger partial charge in [-0.1, -0.05) is 31.3 Å². The molecule has 0 fully saturated rings. The second-order valence-corrected chi connectivity index (χ2v) is 4.61. The third kappa shape index (κ3) is 5.70. The maximum absolute atomic E-state index is 13.3. The first kappa shape index (κ1) is 16.6. The van der Waals surface area contributed by atoms with Crippen LogP contribution in [0.5, 0.6) is 0 Å². The Morgan fingerprint density at radius 3 is 2.70 bits per heavy atom. The van der Waals surface area contributed by atoms with Crippen LogP contribution in [0.15, 0.2) is 18.2 Å². The van der Waals surface area contributed by atoms with Crippen molar-refractivity contribution in [2.24, 2.45) is 0 Å². The number of rotatable bonds is 7. The molecule has 0 atom stereocenters. The molecule has 20 heavy (non-hydrogen) atoms. The fourth-order valence-corrected chi connectivity index (χ4v) is 1.97. The average molecular weight is 279 g/mol. The molecule has 0 aromatic heterocycles. The summed E-state index contributed by atoms with van der Waals surface area (Å²) in [4.78, 5) is 2.13. The van der Waals surface area contributed by atoms with Crippen LogP contribution in [0.4, 0.5) is 4.39 Å². The molecule has 0 aliphatic carbocycles. The van der Waals surface area contributed by atoms with E-state index in [0.29, 0.717) is 18.7 Å². The normalized spacial score (nSPS) is 10.4. The molecule has 0 radical (unpaired) electrons. The lowest BCUT2D eigenvalue weighted by molar-refractivity contribution is 0.188. The Balaban J connectivity index is 2.87. The first-order chi connectivity index (χ1) is 9.71. The molecule has 0 amide bonds. The minimum absolute atomic E-state index is 0.0998. The molecule has 0 aliphatic rings. The second kappa shape index (κ2) is 9.49. The molecule has 0 saturated carbocycles. The quantitative estimate of drug-likeness (QED) is 0.748. The molecule has 0 spiro atoms. The topological polar surface area (TPSA) is 43.7 Å². The van der Waals surface area contributed by atoms with Crippen molar-refractivity contribution in [3.8, 4) is 11.8 Å². The van der Waals surface area contributed by atoms with Gasteiger partial charge in [0.25, 0.3) is 0 Å². The van der Waals surface area contributed by atoms with Crippen molar-refractivity contribution < 1.29 is 14.6 Å². The fourth-order valence-electron chi connectivity index (χ4n) is 1.97. The molecular weight excluding hydrogens is 257 g/mol. The molecule has 1 rings (SSSR count). The molecule has 3 nitrogen and oxygen atoms in total. The Labute approximate surface area is 120 Å². The first-order valence-corrected chi connectivity index (χ1v) is 6.92. The number of aliphatic hydroxyl groups excluding tert-OH is 2. The molecule has 2 N–H and O–H groups in total. The molecule has 1 aromatic rings. The Kier molecular flexibility index (Phi) is 7.89. The van der Waals surface area contributed by atoms with Crippen molar-refractivity contribution in [3.05, 3.63) is 35.1 Å². The van der Waals surface area contributed by atoms with Gasteiger partial charge in [0, 0.05) is 18.7 Å². The van der Waals surface area contributed by atoms with Crippen LogP contribution < -0.4 is 0 Å². The number of aliphatic hydroxyl groups is 2. The summed E-state index contributed by atoms with van der Waals surface area (Å²) in [5.41, 5.74) is 1.51. The largest absolute Gasteiger partial charge is 0.395 e. The van der Waals surface area contributed by atoms with Crippen LogP contribution in [0.1, 0.15) is 30.9 Å². The monoisotopic (exact) mass is 279 g/mol. The van der Waals surface area contributed by atoms with Crippen LogP contribution in [0.3, 0.4) is 0 Å². The van der Waals surface area contributed by atoms with Gasteiger partial charge in [-0.25, -0.2) is 4.39 Å². The van der Waals surface area contributed by atoms with E-state index >= 15 is 0 Å². The molecule has 0 saturated heterocycles. The van der Waals surface area contributed by atoms with Crippen molar-refractivity contribution in [1.29, 1.82) is 0 Å². The number of hydrogen-bond acceptors (Lipinski definition) is 3. The molecule has 110 valence electrons. The van der Waals surface area contributed by atoms with Crippen LogP contribution in [0, 0.1) is 17.7 Å². The summed E-state index contributed by atoms with van der Waals surface area (Å²) >= 11 is 0. The van der Waals surface area contributed by atoms with Gasteiger partial charge in [-0.2, -0.15) is 0 Å². The summed E-state index contributed by atoms with van der Waals surface area (Å²) in [5.74, 6) is 4.99. The summed E-state index contributed by atoms with van der Waals surface area (Å²) in [7, 11) is 0. The summed E-state index contributed by atoms with van der Waals surface area (Å²) in [6.07, 6.45) is 2.14. The van der Waals surface area contributed by atoms with Crippen molar-refractivity contribution in [2.75, 3.05) is 26.3 Å². The lowest BCUT2D eigenvalue weighted by Gasteiger charge is -2.21. The zero-order valence-electron chi connectivity index (χ0n) is 11.9. The van der Waals surface area contributed by atoms with E-state index in [0.717, 1.165) is 24.9 Å². The predicted octanol–water partition coefficient (Wildman–Crippen LogP) is 1.76. The smallest absolute Gasteiger partial charge is 0.124 e. The Morgan fingerprint density at radius 2 is 2.05 bits per heavy atom. The van der Waals surface area contributed by atoms with Crippen LogP contribution in [-0.4, -0.2) is 41.4 Å². The molecule has 0 unspecified atom stereocenters. The summed E-state index contributed by atoms with van der Waals surface area (Å²) in [6.45, 7) is 4.07. The Hall–Kier alpha value is -1.41. The van der Waals surface area contributed by atoms with E-state index in [4.69, 9.17) is 10.2 Å². The highest BCUT2D eigenvalue weighted by molar-refractivity contribution is 5.41. The third-order valence-electron chi connectivity index (χ3n) is 3.01. The van der Waals surface area contributed by atoms with E-state index in [-0.39, 0.29) is 19.0 Å². The van der Waals surface area contributed by atoms with E-state index in [2.05, 4.69) is 23.7 Å². The summed E-state index contributed by atoms with van der Waals surface area (Å²) in [5, 5.41) is 17.9. The van der Waals surface area contributed by atoms with E-state index in [1.54, 1.807) is 6.07 Å². The molecule has 4 heteroatoms. The number of benzene rings is 1. The van der Waals surface area contributed by atoms with Crippen LogP contribution in [0.25, 0.3) is 0 Å². The average Bonchev–Trinajstić information content (AvgIpc) is 2.45. The highest BCUT2D eigenvalue weighted by Gasteiger charge is 2.08. The number of hydrogen-bond donors (Lipinski definition) is 2. The SMILES string of the molecule is CCCCN(CCO)Cc1ccc(F)cc1C#CCO. The van der Waals surface area contributed by atoms with Gasteiger partial charge in [-0.05, 0) is 30.7 Å². The lowest BCUT2D eigenvalue weighted by atomic mass is 10.1. The molecule has 0 heterocycles. The fraction of sp³-hybridized carbons (Fsp3) is 0.500. The van der Waals surface area contributed by atoms with Gasteiger partial charge in [-0.15, -0.1) is 0 Å². The highest BCUT2D eigenvalue weighted by Crippen LogP contribution is 2.13. The molecule has 0 bridgehead atoms. The second-order valence-electron chi connectivity index (χ2n) is 4.61. The van der Waals surface area contributed by atoms with E-state index in [9.17, 15) is 4.39 Å². The van der Waals surface area contributed by atoms with Gasteiger partial charge in [-0.3, -0.25) is 4.90 Å². The van der Waals surface area contributed by atoms with E-state index in [1.807, 2.05) is 0 Å². The van der Waals surface area contributed by atoms with Crippen molar-refractivity contribution in [3.63, 3.8) is 0 Å². The lowest BCUT2D eigenvalue weighted by Crippen LogP contribution is -2.28. The minimum atomic E-state index is -0.335. The minimum Gasteiger partial charge on any atom is -0.395 e. The zero-order valence-corrected chi connectivity index (χ0v) is 11.9. The van der Waals surface area contributed by atoms with Gasteiger partial charge in [0.15, 0.2) is 0 Å². The summed E-state index contributed by atoms with van der Waals surface area (Å²) < 4.78 is 13.3. The van der Waals surface area contributed by atoms with Crippen molar-refractivity contribution in [1.82, 2.24) is 4.90 Å². The number of nitrogens with zero attached hydrogens (tertiary/aromatic N) is 1. The third-order valence-corrected chi connectivity index (χ3v) is 3.01. The first-order valence-electron chi connectivity index (χ1n) is 6.92. The molecule has 0 aliphatic heterocycles. The molecular formula is C16H22FNO2. The highest BCUT2D eigenvalue weighted by atomic mass is 19.1. The number of halogens is 1. The van der Waals surface area contributed by atoms with Gasteiger partial charge < -0.3 is 10.2 Å². The van der Waals surface area contributed by atoms with Gasteiger partial charge >= 0.3 is 0 Å². The van der Waals surface area contributed by atoms with E-state index in [1.165, 1.54) is 12.1 Å². The zero-order chi connectivity index (χ0) is 14.8. The predicted molar refractivity (Wildman–Crippen MR) is 77.6 cm³/mol. The van der Waals surface area contributed by atoms with Gasteiger partial charge in [0.1, 0.15) is 12.4 Å². The maximum atomic E-state index is 13.3. The standard InChI is InChI=1S/C16H22FNO2/c1-2-3-8-18(9-11-20)13-15-6-7-16(17)12-14(15)5-4-10-19/h6-7,12,19-20H,2-3,8-11,13H2,1H3. The van der Waals surface area contributed by atoms with E-state index < -0.39 is 0 Å². The van der Waals surface area contributed by atoms with Crippen molar-refractivity contribution in [2.45, 2.75) is 26.3 Å². The molecule has 1 aromatic carbocycles.